The number of rotatable bonds is 5. The zero-order chi connectivity index (χ0) is 16.8. The topological polar surface area (TPSA) is 50.4 Å². The van der Waals surface area contributed by atoms with Gasteiger partial charge in [0.25, 0.3) is 5.91 Å². The van der Waals surface area contributed by atoms with Crippen LogP contribution in [0.4, 0.5) is 5.69 Å². The second-order valence-electron chi connectivity index (χ2n) is 5.00. The summed E-state index contributed by atoms with van der Waals surface area (Å²) in [4.78, 5) is 12.4. The Balaban J connectivity index is 1.73. The zero-order valence-corrected chi connectivity index (χ0v) is 13.5. The lowest BCUT2D eigenvalue weighted by atomic mass is 10.2. The lowest BCUT2D eigenvalue weighted by Crippen LogP contribution is -2.29. The quantitative estimate of drug-likeness (QED) is 0.651. The number of ether oxygens (including phenoxy) is 1. The van der Waals surface area contributed by atoms with Crippen molar-refractivity contribution in [1.82, 2.24) is 5.43 Å². The summed E-state index contributed by atoms with van der Waals surface area (Å²) in [5, 5.41) is 0.585. The van der Waals surface area contributed by atoms with Gasteiger partial charge in [0.2, 0.25) is 0 Å². The number of carbonyl (C=O) groups excluding carboxylic acids is 1. The van der Waals surface area contributed by atoms with E-state index in [9.17, 15) is 4.79 Å². The molecule has 0 heterocycles. The van der Waals surface area contributed by atoms with Gasteiger partial charge in [-0.15, -0.1) is 0 Å². The Morgan fingerprint density at radius 1 is 0.875 bits per heavy atom. The van der Waals surface area contributed by atoms with Gasteiger partial charge in [0.15, 0.2) is 0 Å². The number of hydrogen-bond donors (Lipinski definition) is 2. The molecule has 0 unspecified atom stereocenters. The molecule has 0 aliphatic heterocycles. The van der Waals surface area contributed by atoms with Crippen LogP contribution in [0.3, 0.4) is 0 Å². The van der Waals surface area contributed by atoms with Crippen molar-refractivity contribution in [2.75, 3.05) is 5.43 Å². The van der Waals surface area contributed by atoms with Crippen molar-refractivity contribution >= 4 is 23.2 Å². The summed E-state index contributed by atoms with van der Waals surface area (Å²) in [5.41, 5.74) is 6.60. The van der Waals surface area contributed by atoms with Crippen LogP contribution in [0.15, 0.2) is 78.9 Å². The third-order valence-electron chi connectivity index (χ3n) is 3.25. The van der Waals surface area contributed by atoms with Crippen molar-refractivity contribution in [2.24, 2.45) is 0 Å². The normalized spacial score (nSPS) is 10.0. The van der Waals surface area contributed by atoms with Crippen molar-refractivity contribution < 1.29 is 9.53 Å². The van der Waals surface area contributed by atoms with Gasteiger partial charge in [0.05, 0.1) is 11.3 Å². The number of hydrogen-bond acceptors (Lipinski definition) is 3. The molecular weight excluding hydrogens is 324 g/mol. The fourth-order valence-electron chi connectivity index (χ4n) is 2.12. The predicted molar refractivity (Wildman–Crippen MR) is 95.5 cm³/mol. The molecule has 2 N–H and O–H groups in total. The highest BCUT2D eigenvalue weighted by Gasteiger charge is 2.12. The van der Waals surface area contributed by atoms with Gasteiger partial charge in [0, 0.05) is 5.02 Å². The molecule has 0 saturated carbocycles. The first-order chi connectivity index (χ1) is 11.7. The summed E-state index contributed by atoms with van der Waals surface area (Å²) >= 11 is 5.92. The summed E-state index contributed by atoms with van der Waals surface area (Å²) in [7, 11) is 0. The molecule has 5 heteroatoms. The number of para-hydroxylation sites is 2. The second kappa shape index (κ2) is 7.53. The van der Waals surface area contributed by atoms with Crippen LogP contribution in [0, 0.1) is 0 Å². The molecule has 24 heavy (non-hydrogen) atoms. The standard InChI is InChI=1S/C19H15ClN2O2/c20-14-7-6-8-15(13-14)21-22-19(23)17-11-4-5-12-18(17)24-16-9-2-1-3-10-16/h1-13,21H,(H,22,23). The lowest BCUT2D eigenvalue weighted by Gasteiger charge is -2.12. The Morgan fingerprint density at radius 2 is 1.62 bits per heavy atom. The van der Waals surface area contributed by atoms with Crippen LogP contribution < -0.4 is 15.6 Å². The van der Waals surface area contributed by atoms with Gasteiger partial charge in [-0.2, -0.15) is 0 Å². The number of amides is 1. The SMILES string of the molecule is O=C(NNc1cccc(Cl)c1)c1ccccc1Oc1ccccc1. The Hall–Kier alpha value is -2.98. The molecule has 0 radical (unpaired) electrons. The van der Waals surface area contributed by atoms with E-state index in [1.807, 2.05) is 36.4 Å². The molecule has 3 aromatic carbocycles. The molecule has 0 atom stereocenters. The molecular formula is C19H15ClN2O2. The number of halogens is 1. The minimum absolute atomic E-state index is 0.304. The smallest absolute Gasteiger partial charge is 0.273 e. The fourth-order valence-corrected chi connectivity index (χ4v) is 2.31. The molecule has 0 bridgehead atoms. The first-order valence-corrected chi connectivity index (χ1v) is 7.74. The maximum Gasteiger partial charge on any atom is 0.273 e. The van der Waals surface area contributed by atoms with Crippen molar-refractivity contribution in [3.63, 3.8) is 0 Å². The van der Waals surface area contributed by atoms with Crippen molar-refractivity contribution in [3.05, 3.63) is 89.4 Å². The molecule has 0 aromatic heterocycles. The molecule has 0 saturated heterocycles. The highest BCUT2D eigenvalue weighted by molar-refractivity contribution is 6.30. The Bertz CT molecular complexity index is 838. The van der Waals surface area contributed by atoms with Gasteiger partial charge in [-0.05, 0) is 42.5 Å². The third kappa shape index (κ3) is 4.06. The Kier molecular flexibility index (Phi) is 4.99. The summed E-state index contributed by atoms with van der Waals surface area (Å²) in [6.07, 6.45) is 0. The molecule has 0 spiro atoms. The predicted octanol–water partition coefficient (Wildman–Crippen LogP) is 4.89. The van der Waals surface area contributed by atoms with Crippen LogP contribution in [0.25, 0.3) is 0 Å². The van der Waals surface area contributed by atoms with E-state index in [4.69, 9.17) is 16.3 Å². The molecule has 3 aromatic rings. The van der Waals surface area contributed by atoms with Gasteiger partial charge in [-0.25, -0.2) is 0 Å². The molecule has 0 fully saturated rings. The van der Waals surface area contributed by atoms with E-state index in [0.29, 0.717) is 27.8 Å². The largest absolute Gasteiger partial charge is 0.457 e. The molecule has 1 amide bonds. The van der Waals surface area contributed by atoms with E-state index in [-0.39, 0.29) is 5.91 Å². The maximum absolute atomic E-state index is 12.4. The minimum atomic E-state index is -0.304. The average molecular weight is 339 g/mol. The van der Waals surface area contributed by atoms with Crippen LogP contribution >= 0.6 is 11.6 Å². The van der Waals surface area contributed by atoms with E-state index in [1.54, 1.807) is 42.5 Å². The number of benzene rings is 3. The number of hydrazine groups is 1. The summed E-state index contributed by atoms with van der Waals surface area (Å²) in [6, 6.07) is 23.4. The second-order valence-corrected chi connectivity index (χ2v) is 5.44. The first-order valence-electron chi connectivity index (χ1n) is 7.36. The molecule has 0 aliphatic carbocycles. The Morgan fingerprint density at radius 3 is 2.42 bits per heavy atom. The van der Waals surface area contributed by atoms with E-state index < -0.39 is 0 Å². The molecule has 4 nitrogen and oxygen atoms in total. The fraction of sp³-hybridized carbons (Fsp3) is 0. The summed E-state index contributed by atoms with van der Waals surface area (Å²) in [6.45, 7) is 0. The van der Waals surface area contributed by atoms with Crippen molar-refractivity contribution in [1.29, 1.82) is 0 Å². The molecule has 0 aliphatic rings. The van der Waals surface area contributed by atoms with E-state index in [0.717, 1.165) is 0 Å². The van der Waals surface area contributed by atoms with Gasteiger partial charge in [-0.3, -0.25) is 15.6 Å². The number of carbonyl (C=O) groups is 1. The number of anilines is 1. The van der Waals surface area contributed by atoms with Crippen LogP contribution in [0.1, 0.15) is 10.4 Å². The van der Waals surface area contributed by atoms with Crippen LogP contribution in [0.5, 0.6) is 11.5 Å². The van der Waals surface area contributed by atoms with Gasteiger partial charge < -0.3 is 4.74 Å². The third-order valence-corrected chi connectivity index (χ3v) is 3.48. The first kappa shape index (κ1) is 15.9. The zero-order valence-electron chi connectivity index (χ0n) is 12.7. The molecule has 3 rings (SSSR count). The summed E-state index contributed by atoms with van der Waals surface area (Å²) in [5.74, 6) is 0.844. The van der Waals surface area contributed by atoms with Gasteiger partial charge in [-0.1, -0.05) is 48.0 Å². The highest BCUT2D eigenvalue weighted by Crippen LogP contribution is 2.25. The average Bonchev–Trinajstić information content (AvgIpc) is 2.61. The molecule has 120 valence electrons. The van der Waals surface area contributed by atoms with E-state index >= 15 is 0 Å². The van der Waals surface area contributed by atoms with Crippen LogP contribution in [0.2, 0.25) is 5.02 Å². The van der Waals surface area contributed by atoms with E-state index in [2.05, 4.69) is 10.9 Å². The monoisotopic (exact) mass is 338 g/mol. The Labute approximate surface area is 145 Å². The van der Waals surface area contributed by atoms with Gasteiger partial charge in [0.1, 0.15) is 11.5 Å². The van der Waals surface area contributed by atoms with Crippen LogP contribution in [-0.4, -0.2) is 5.91 Å². The number of nitrogens with one attached hydrogen (secondary N) is 2. The highest BCUT2D eigenvalue weighted by atomic mass is 35.5. The lowest BCUT2D eigenvalue weighted by molar-refractivity contribution is 0.0960. The van der Waals surface area contributed by atoms with Gasteiger partial charge >= 0.3 is 0 Å². The van der Waals surface area contributed by atoms with Crippen molar-refractivity contribution in [3.8, 4) is 11.5 Å². The summed E-state index contributed by atoms with van der Waals surface area (Å²) < 4.78 is 5.79. The van der Waals surface area contributed by atoms with E-state index in [1.165, 1.54) is 0 Å². The van der Waals surface area contributed by atoms with Crippen molar-refractivity contribution in [2.45, 2.75) is 0 Å². The maximum atomic E-state index is 12.4. The minimum Gasteiger partial charge on any atom is -0.457 e. The van der Waals surface area contributed by atoms with Crippen LogP contribution in [-0.2, 0) is 0 Å².